The molecule has 2 aromatic carbocycles. The van der Waals surface area contributed by atoms with E-state index >= 15 is 0 Å². The number of hydrogen-bond acceptors (Lipinski definition) is 4. The van der Waals surface area contributed by atoms with E-state index in [4.69, 9.17) is 0 Å². The van der Waals surface area contributed by atoms with Gasteiger partial charge in [-0.05, 0) is 55.7 Å². The van der Waals surface area contributed by atoms with Crippen LogP contribution in [0.5, 0.6) is 0 Å². The molecule has 1 aliphatic heterocycles. The molecule has 2 aromatic rings. The highest BCUT2D eigenvalue weighted by atomic mass is 16.2. The molecular weight excluding hydrogens is 364 g/mol. The molecular formula is C23H30N4O2. The van der Waals surface area contributed by atoms with E-state index < -0.39 is 0 Å². The number of benzene rings is 2. The van der Waals surface area contributed by atoms with Crippen LogP contribution in [0, 0.1) is 0 Å². The van der Waals surface area contributed by atoms with Gasteiger partial charge >= 0.3 is 0 Å². The lowest BCUT2D eigenvalue weighted by atomic mass is 10.1. The van der Waals surface area contributed by atoms with Crippen molar-refractivity contribution in [2.75, 3.05) is 28.6 Å². The Kier molecular flexibility index (Phi) is 7.25. The first kappa shape index (κ1) is 20.9. The van der Waals surface area contributed by atoms with E-state index in [0.717, 1.165) is 30.0 Å². The van der Waals surface area contributed by atoms with E-state index in [9.17, 15) is 9.59 Å². The Bertz CT molecular complexity index is 829. The SMILES string of the molecule is CC(=O)Nc1ccc(CNC(C)CC(=O)Nc2cccc(N3CCCC3)c2)cc1. The van der Waals surface area contributed by atoms with Gasteiger partial charge in [0.05, 0.1) is 0 Å². The monoisotopic (exact) mass is 394 g/mol. The molecule has 0 radical (unpaired) electrons. The molecule has 0 aliphatic carbocycles. The van der Waals surface area contributed by atoms with Crippen molar-refractivity contribution >= 4 is 28.9 Å². The fourth-order valence-electron chi connectivity index (χ4n) is 3.52. The fraction of sp³-hybridized carbons (Fsp3) is 0.391. The number of amides is 2. The Hall–Kier alpha value is -2.86. The van der Waals surface area contributed by atoms with E-state index in [1.165, 1.54) is 25.5 Å². The molecule has 0 bridgehead atoms. The topological polar surface area (TPSA) is 73.5 Å². The van der Waals surface area contributed by atoms with E-state index in [1.54, 1.807) is 0 Å². The summed E-state index contributed by atoms with van der Waals surface area (Å²) in [5.41, 5.74) is 3.91. The van der Waals surface area contributed by atoms with Crippen molar-refractivity contribution in [2.45, 2.75) is 45.7 Å². The Labute approximate surface area is 172 Å². The molecule has 1 atom stereocenters. The largest absolute Gasteiger partial charge is 0.371 e. The lowest BCUT2D eigenvalue weighted by Gasteiger charge is -2.19. The lowest BCUT2D eigenvalue weighted by molar-refractivity contribution is -0.116. The molecule has 2 amide bonds. The van der Waals surface area contributed by atoms with Gasteiger partial charge in [-0.3, -0.25) is 9.59 Å². The summed E-state index contributed by atoms with van der Waals surface area (Å²) in [5, 5.41) is 9.14. The zero-order chi connectivity index (χ0) is 20.6. The van der Waals surface area contributed by atoms with Gasteiger partial charge in [-0.15, -0.1) is 0 Å². The highest BCUT2D eigenvalue weighted by molar-refractivity contribution is 5.91. The number of carbonyl (C=O) groups is 2. The molecule has 1 aliphatic rings. The molecule has 154 valence electrons. The standard InChI is InChI=1S/C23H30N4O2/c1-17(24-16-19-8-10-20(11-9-19)25-18(2)28)14-23(29)26-21-6-5-7-22(15-21)27-12-3-4-13-27/h5-11,15,17,24H,3-4,12-14,16H2,1-2H3,(H,25,28)(H,26,29). The molecule has 0 saturated carbocycles. The number of carbonyl (C=O) groups excluding carboxylic acids is 2. The van der Waals surface area contributed by atoms with Crippen molar-refractivity contribution in [3.8, 4) is 0 Å². The summed E-state index contributed by atoms with van der Waals surface area (Å²) < 4.78 is 0. The summed E-state index contributed by atoms with van der Waals surface area (Å²) in [6.07, 6.45) is 2.86. The van der Waals surface area contributed by atoms with Gasteiger partial charge in [-0.2, -0.15) is 0 Å². The maximum Gasteiger partial charge on any atom is 0.225 e. The van der Waals surface area contributed by atoms with Crippen molar-refractivity contribution in [3.63, 3.8) is 0 Å². The first-order valence-electron chi connectivity index (χ1n) is 10.2. The number of rotatable bonds is 8. The average molecular weight is 395 g/mol. The predicted molar refractivity (Wildman–Crippen MR) is 118 cm³/mol. The summed E-state index contributed by atoms with van der Waals surface area (Å²) in [4.78, 5) is 25.8. The second-order valence-corrected chi connectivity index (χ2v) is 7.66. The normalized spacial score (nSPS) is 14.5. The third kappa shape index (κ3) is 6.61. The predicted octanol–water partition coefficient (Wildman–Crippen LogP) is 3.75. The van der Waals surface area contributed by atoms with Gasteiger partial charge in [0.2, 0.25) is 11.8 Å². The quantitative estimate of drug-likeness (QED) is 0.638. The van der Waals surface area contributed by atoms with Crippen molar-refractivity contribution in [2.24, 2.45) is 0 Å². The van der Waals surface area contributed by atoms with E-state index in [-0.39, 0.29) is 17.9 Å². The van der Waals surface area contributed by atoms with Gasteiger partial charge < -0.3 is 20.9 Å². The molecule has 1 saturated heterocycles. The number of nitrogens with one attached hydrogen (secondary N) is 3. The van der Waals surface area contributed by atoms with Gasteiger partial charge in [0.1, 0.15) is 0 Å². The minimum atomic E-state index is -0.0820. The average Bonchev–Trinajstić information content (AvgIpc) is 3.22. The van der Waals surface area contributed by atoms with Gasteiger partial charge in [0.15, 0.2) is 0 Å². The van der Waals surface area contributed by atoms with Crippen LogP contribution in [0.25, 0.3) is 0 Å². The molecule has 6 heteroatoms. The van der Waals surface area contributed by atoms with Crippen molar-refractivity contribution in [1.29, 1.82) is 0 Å². The van der Waals surface area contributed by atoms with E-state index in [1.807, 2.05) is 43.3 Å². The molecule has 3 rings (SSSR count). The summed E-state index contributed by atoms with van der Waals surface area (Å²) in [5.74, 6) is -0.0777. The van der Waals surface area contributed by atoms with Crippen LogP contribution in [0.3, 0.4) is 0 Å². The van der Waals surface area contributed by atoms with Crippen LogP contribution >= 0.6 is 0 Å². The van der Waals surface area contributed by atoms with Crippen LogP contribution in [0.2, 0.25) is 0 Å². The Morgan fingerprint density at radius 3 is 2.41 bits per heavy atom. The van der Waals surface area contributed by atoms with Crippen LogP contribution in [0.15, 0.2) is 48.5 Å². The maximum absolute atomic E-state index is 12.4. The van der Waals surface area contributed by atoms with Crippen LogP contribution in [0.1, 0.15) is 38.7 Å². The third-order valence-corrected chi connectivity index (χ3v) is 5.02. The first-order valence-corrected chi connectivity index (χ1v) is 10.2. The molecule has 1 fully saturated rings. The van der Waals surface area contributed by atoms with Crippen LogP contribution in [-0.2, 0) is 16.1 Å². The van der Waals surface area contributed by atoms with Gasteiger partial charge in [0.25, 0.3) is 0 Å². The Morgan fingerprint density at radius 1 is 1.00 bits per heavy atom. The summed E-state index contributed by atoms with van der Waals surface area (Å²) >= 11 is 0. The summed E-state index contributed by atoms with van der Waals surface area (Å²) in [7, 11) is 0. The molecule has 29 heavy (non-hydrogen) atoms. The fourth-order valence-corrected chi connectivity index (χ4v) is 3.52. The van der Waals surface area contributed by atoms with Crippen LogP contribution < -0.4 is 20.9 Å². The lowest BCUT2D eigenvalue weighted by Crippen LogP contribution is -2.30. The van der Waals surface area contributed by atoms with E-state index in [0.29, 0.717) is 13.0 Å². The van der Waals surface area contributed by atoms with Crippen molar-refractivity contribution < 1.29 is 9.59 Å². The first-order chi connectivity index (χ1) is 14.0. The number of hydrogen-bond donors (Lipinski definition) is 3. The number of anilines is 3. The molecule has 1 heterocycles. The summed E-state index contributed by atoms with van der Waals surface area (Å²) in [6, 6.07) is 15.8. The Balaban J connectivity index is 1.44. The zero-order valence-corrected chi connectivity index (χ0v) is 17.2. The second-order valence-electron chi connectivity index (χ2n) is 7.66. The van der Waals surface area contributed by atoms with Gasteiger partial charge in [0, 0.05) is 56.1 Å². The second kappa shape index (κ2) is 10.1. The Morgan fingerprint density at radius 2 is 1.72 bits per heavy atom. The molecule has 3 N–H and O–H groups in total. The highest BCUT2D eigenvalue weighted by Gasteiger charge is 2.14. The van der Waals surface area contributed by atoms with Gasteiger partial charge in [-0.1, -0.05) is 18.2 Å². The van der Waals surface area contributed by atoms with E-state index in [2.05, 4.69) is 33.0 Å². The minimum absolute atomic E-state index is 0.00424. The zero-order valence-electron chi connectivity index (χ0n) is 17.2. The third-order valence-electron chi connectivity index (χ3n) is 5.02. The smallest absolute Gasteiger partial charge is 0.225 e. The summed E-state index contributed by atoms with van der Waals surface area (Å²) in [6.45, 7) is 6.34. The molecule has 6 nitrogen and oxygen atoms in total. The highest BCUT2D eigenvalue weighted by Crippen LogP contribution is 2.23. The number of nitrogens with zero attached hydrogens (tertiary/aromatic N) is 1. The van der Waals surface area contributed by atoms with Gasteiger partial charge in [-0.25, -0.2) is 0 Å². The van der Waals surface area contributed by atoms with Crippen molar-refractivity contribution in [3.05, 3.63) is 54.1 Å². The maximum atomic E-state index is 12.4. The molecule has 0 aromatic heterocycles. The van der Waals surface area contributed by atoms with Crippen LogP contribution in [0.4, 0.5) is 17.1 Å². The molecule has 1 unspecified atom stereocenters. The van der Waals surface area contributed by atoms with Crippen LogP contribution in [-0.4, -0.2) is 30.9 Å². The minimum Gasteiger partial charge on any atom is -0.371 e. The molecule has 0 spiro atoms. The van der Waals surface area contributed by atoms with Crippen molar-refractivity contribution in [1.82, 2.24) is 5.32 Å².